The van der Waals surface area contributed by atoms with Crippen LogP contribution < -0.4 is 4.90 Å². The fourth-order valence-corrected chi connectivity index (χ4v) is 2.26. The number of nitrogens with zero attached hydrogens (tertiary/aromatic N) is 3. The second-order valence-electron chi connectivity index (χ2n) is 4.83. The molecule has 5 heteroatoms. The maximum Gasteiger partial charge on any atom is 0.308 e. The number of carbonyl (C=O) groups is 1. The lowest BCUT2D eigenvalue weighted by atomic mass is 10.1. The van der Waals surface area contributed by atoms with E-state index in [0.29, 0.717) is 24.8 Å². The Morgan fingerprint density at radius 3 is 2.88 bits per heavy atom. The Morgan fingerprint density at radius 1 is 1.41 bits per heavy atom. The summed E-state index contributed by atoms with van der Waals surface area (Å²) in [6.45, 7) is 1.27. The number of hydrogen-bond acceptors (Lipinski definition) is 4. The van der Waals surface area contributed by atoms with Crippen LogP contribution in [0.1, 0.15) is 30.9 Å². The average Bonchev–Trinajstić information content (AvgIpc) is 3.06. The Balaban J connectivity index is 1.76. The molecule has 90 valence electrons. The van der Waals surface area contributed by atoms with Gasteiger partial charge in [0.15, 0.2) is 0 Å². The summed E-state index contributed by atoms with van der Waals surface area (Å²) < 4.78 is 0. The van der Waals surface area contributed by atoms with Crippen LogP contribution in [0.3, 0.4) is 0 Å². The molecule has 1 atom stereocenters. The van der Waals surface area contributed by atoms with E-state index >= 15 is 0 Å². The standard InChI is InChI=1S/C12H15N3O2/c16-11(17)9-4-6-15(7-9)12-13-5-3-10(14-12)8-1-2-8/h3,5,8-9H,1-2,4,6-7H2,(H,16,17). The third-order valence-electron chi connectivity index (χ3n) is 3.48. The zero-order chi connectivity index (χ0) is 11.8. The predicted octanol–water partition coefficient (Wildman–Crippen LogP) is 1.26. The number of carboxylic acid groups (broad SMARTS) is 1. The van der Waals surface area contributed by atoms with Crippen LogP contribution in [-0.4, -0.2) is 34.1 Å². The van der Waals surface area contributed by atoms with E-state index in [-0.39, 0.29) is 5.92 Å². The molecule has 0 aromatic carbocycles. The van der Waals surface area contributed by atoms with Crippen molar-refractivity contribution in [1.82, 2.24) is 9.97 Å². The van der Waals surface area contributed by atoms with E-state index < -0.39 is 5.97 Å². The Kier molecular flexibility index (Phi) is 2.46. The minimum absolute atomic E-state index is 0.275. The molecule has 2 aliphatic rings. The van der Waals surface area contributed by atoms with Crippen molar-refractivity contribution in [2.45, 2.75) is 25.2 Å². The fourth-order valence-electron chi connectivity index (χ4n) is 2.26. The highest BCUT2D eigenvalue weighted by molar-refractivity contribution is 5.71. The molecule has 1 aromatic heterocycles. The molecule has 0 radical (unpaired) electrons. The highest BCUT2D eigenvalue weighted by Gasteiger charge is 2.30. The third kappa shape index (κ3) is 2.09. The quantitative estimate of drug-likeness (QED) is 0.851. The maximum absolute atomic E-state index is 10.9. The lowest BCUT2D eigenvalue weighted by Crippen LogP contribution is -2.24. The summed E-state index contributed by atoms with van der Waals surface area (Å²) in [5, 5.41) is 8.96. The van der Waals surface area contributed by atoms with Crippen LogP contribution in [0.5, 0.6) is 0 Å². The highest BCUT2D eigenvalue weighted by Crippen LogP contribution is 2.39. The number of aliphatic carboxylic acids is 1. The lowest BCUT2D eigenvalue weighted by molar-refractivity contribution is -0.140. The predicted molar refractivity (Wildman–Crippen MR) is 62.0 cm³/mol. The van der Waals surface area contributed by atoms with Crippen LogP contribution in [0.4, 0.5) is 5.95 Å². The normalized spacial score (nSPS) is 24.0. The van der Waals surface area contributed by atoms with Crippen molar-refractivity contribution >= 4 is 11.9 Å². The second-order valence-corrected chi connectivity index (χ2v) is 4.83. The van der Waals surface area contributed by atoms with Gasteiger partial charge in [-0.3, -0.25) is 4.79 Å². The molecule has 1 aliphatic carbocycles. The molecule has 2 fully saturated rings. The smallest absolute Gasteiger partial charge is 0.308 e. The minimum atomic E-state index is -0.717. The minimum Gasteiger partial charge on any atom is -0.481 e. The summed E-state index contributed by atoms with van der Waals surface area (Å²) in [6.07, 6.45) is 4.90. The van der Waals surface area contributed by atoms with Crippen LogP contribution in [0, 0.1) is 5.92 Å². The molecule has 1 saturated heterocycles. The molecule has 0 amide bonds. The lowest BCUT2D eigenvalue weighted by Gasteiger charge is -2.15. The second kappa shape index (κ2) is 3.98. The van der Waals surface area contributed by atoms with E-state index in [4.69, 9.17) is 5.11 Å². The molecule has 0 spiro atoms. The Bertz CT molecular complexity index is 445. The Morgan fingerprint density at radius 2 is 2.24 bits per heavy atom. The van der Waals surface area contributed by atoms with Crippen molar-refractivity contribution in [3.05, 3.63) is 18.0 Å². The topological polar surface area (TPSA) is 66.3 Å². The van der Waals surface area contributed by atoms with Crippen molar-refractivity contribution in [2.75, 3.05) is 18.0 Å². The summed E-state index contributed by atoms with van der Waals surface area (Å²) in [7, 11) is 0. The van der Waals surface area contributed by atoms with Gasteiger partial charge in [-0.2, -0.15) is 0 Å². The van der Waals surface area contributed by atoms with Gasteiger partial charge in [-0.1, -0.05) is 0 Å². The fraction of sp³-hybridized carbons (Fsp3) is 0.583. The van der Waals surface area contributed by atoms with Gasteiger partial charge in [-0.15, -0.1) is 0 Å². The van der Waals surface area contributed by atoms with E-state index in [9.17, 15) is 4.79 Å². The SMILES string of the molecule is O=C(O)C1CCN(c2nccc(C3CC3)n2)C1. The monoisotopic (exact) mass is 233 g/mol. The first-order chi connectivity index (χ1) is 8.24. The molecule has 0 bridgehead atoms. The Labute approximate surface area is 99.5 Å². The number of hydrogen-bond donors (Lipinski definition) is 1. The molecule has 1 N–H and O–H groups in total. The van der Waals surface area contributed by atoms with Gasteiger partial charge in [0.2, 0.25) is 5.95 Å². The first-order valence-electron chi connectivity index (χ1n) is 6.05. The zero-order valence-corrected chi connectivity index (χ0v) is 9.54. The van der Waals surface area contributed by atoms with Gasteiger partial charge in [-0.05, 0) is 25.3 Å². The zero-order valence-electron chi connectivity index (χ0n) is 9.54. The first-order valence-corrected chi connectivity index (χ1v) is 6.05. The van der Waals surface area contributed by atoms with E-state index in [0.717, 1.165) is 12.2 Å². The largest absolute Gasteiger partial charge is 0.481 e. The summed E-state index contributed by atoms with van der Waals surface area (Å²) >= 11 is 0. The van der Waals surface area contributed by atoms with Gasteiger partial charge in [0.05, 0.1) is 5.92 Å². The first kappa shape index (κ1) is 10.5. The number of anilines is 1. The summed E-state index contributed by atoms with van der Waals surface area (Å²) in [6, 6.07) is 1.96. The number of aromatic nitrogens is 2. The summed E-state index contributed by atoms with van der Waals surface area (Å²) in [5.74, 6) is 0.307. The summed E-state index contributed by atoms with van der Waals surface area (Å²) in [4.78, 5) is 21.7. The maximum atomic E-state index is 10.9. The van der Waals surface area contributed by atoms with Crippen LogP contribution in [0.2, 0.25) is 0 Å². The molecule has 1 saturated carbocycles. The van der Waals surface area contributed by atoms with Gasteiger partial charge in [0.1, 0.15) is 0 Å². The average molecular weight is 233 g/mol. The molecule has 17 heavy (non-hydrogen) atoms. The van der Waals surface area contributed by atoms with Crippen molar-refractivity contribution < 1.29 is 9.90 Å². The third-order valence-corrected chi connectivity index (χ3v) is 3.48. The van der Waals surface area contributed by atoms with E-state index in [1.165, 1.54) is 12.8 Å². The molecule has 5 nitrogen and oxygen atoms in total. The molecule has 1 unspecified atom stereocenters. The van der Waals surface area contributed by atoms with E-state index in [2.05, 4.69) is 9.97 Å². The van der Waals surface area contributed by atoms with Crippen LogP contribution >= 0.6 is 0 Å². The number of carboxylic acids is 1. The molecule has 2 heterocycles. The summed E-state index contributed by atoms with van der Waals surface area (Å²) in [5.41, 5.74) is 1.11. The molecule has 1 aliphatic heterocycles. The van der Waals surface area contributed by atoms with Crippen LogP contribution in [0.15, 0.2) is 12.3 Å². The van der Waals surface area contributed by atoms with Gasteiger partial charge in [-0.25, -0.2) is 9.97 Å². The number of rotatable bonds is 3. The van der Waals surface area contributed by atoms with Crippen molar-refractivity contribution in [2.24, 2.45) is 5.92 Å². The molecule has 3 rings (SSSR count). The molecular formula is C12H15N3O2. The highest BCUT2D eigenvalue weighted by atomic mass is 16.4. The van der Waals surface area contributed by atoms with E-state index in [1.54, 1.807) is 6.20 Å². The van der Waals surface area contributed by atoms with Crippen molar-refractivity contribution in [3.8, 4) is 0 Å². The van der Waals surface area contributed by atoms with Crippen molar-refractivity contribution in [1.29, 1.82) is 0 Å². The van der Waals surface area contributed by atoms with Crippen molar-refractivity contribution in [3.63, 3.8) is 0 Å². The van der Waals surface area contributed by atoms with E-state index in [1.807, 2.05) is 11.0 Å². The van der Waals surface area contributed by atoms with Crippen LogP contribution in [0.25, 0.3) is 0 Å². The molecule has 1 aromatic rings. The van der Waals surface area contributed by atoms with Gasteiger partial charge in [0.25, 0.3) is 0 Å². The van der Waals surface area contributed by atoms with Gasteiger partial charge >= 0.3 is 5.97 Å². The van der Waals surface area contributed by atoms with Gasteiger partial charge < -0.3 is 10.0 Å². The molecular weight excluding hydrogens is 218 g/mol. The van der Waals surface area contributed by atoms with Gasteiger partial charge in [0, 0.05) is 30.9 Å². The Hall–Kier alpha value is -1.65. The van der Waals surface area contributed by atoms with Crippen LogP contribution in [-0.2, 0) is 4.79 Å².